The van der Waals surface area contributed by atoms with E-state index in [1.165, 1.54) is 54.1 Å². The number of carbonyl (C=O) groups excluding carboxylic acids is 4. The summed E-state index contributed by atoms with van der Waals surface area (Å²) in [6, 6.07) is 21.3. The number of fused-ring (bicyclic) bond motifs is 2. The van der Waals surface area contributed by atoms with Gasteiger partial charge in [0.1, 0.15) is 34.9 Å². The fraction of sp³-hybridized carbons (Fsp3) is 0.262. The van der Waals surface area contributed by atoms with E-state index in [4.69, 9.17) is 23.3 Å². The van der Waals surface area contributed by atoms with Crippen LogP contribution in [0.2, 0.25) is 0 Å². The number of halogens is 6. The molecule has 10 rings (SSSR count). The van der Waals surface area contributed by atoms with Crippen molar-refractivity contribution in [3.8, 4) is 22.3 Å². The molecule has 4 N–H and O–H groups in total. The molecule has 2 aliphatic rings. The second kappa shape index (κ2) is 28.3. The van der Waals surface area contributed by atoms with Crippen molar-refractivity contribution in [1.82, 2.24) is 34.4 Å². The zero-order valence-electron chi connectivity index (χ0n) is 46.0. The van der Waals surface area contributed by atoms with Crippen molar-refractivity contribution in [3.63, 3.8) is 0 Å². The van der Waals surface area contributed by atoms with Crippen LogP contribution in [0.4, 0.5) is 26.3 Å². The van der Waals surface area contributed by atoms with E-state index in [-0.39, 0.29) is 99.4 Å². The number of pyridine rings is 2. The summed E-state index contributed by atoms with van der Waals surface area (Å²) in [6.45, 7) is 10.2. The number of primary amides is 2. The third-order valence-corrected chi connectivity index (χ3v) is 14.5. The number of carbonyl (C=O) groups is 4. The summed E-state index contributed by atoms with van der Waals surface area (Å²) in [5.41, 5.74) is 20.1. The molecular formula is C61H55BF6N10NaO4. The number of rotatable bonds is 18. The molecule has 8 aromatic rings. The third-order valence-electron chi connectivity index (χ3n) is 14.5. The van der Waals surface area contributed by atoms with Crippen molar-refractivity contribution >= 4 is 31.8 Å². The summed E-state index contributed by atoms with van der Waals surface area (Å²) >= 11 is 0. The van der Waals surface area contributed by atoms with E-state index in [1.807, 2.05) is 20.9 Å². The Morgan fingerprint density at radius 1 is 0.590 bits per heavy atom. The van der Waals surface area contributed by atoms with Crippen LogP contribution < -0.4 is 41.0 Å². The van der Waals surface area contributed by atoms with Crippen LogP contribution in [0.1, 0.15) is 108 Å². The topological polar surface area (TPSA) is 209 Å². The molecule has 4 aromatic heterocycles. The molecule has 5 heterocycles. The molecule has 3 radical (unpaired) electrons. The minimum atomic E-state index is -0.917. The molecule has 22 heteroatoms. The number of hydrogen-bond acceptors (Lipinski definition) is 10. The Morgan fingerprint density at radius 2 is 1.01 bits per heavy atom. The van der Waals surface area contributed by atoms with Gasteiger partial charge in [-0.2, -0.15) is 10.2 Å². The van der Waals surface area contributed by atoms with Crippen LogP contribution in [-0.4, -0.2) is 73.3 Å². The molecule has 2 atom stereocenters. The van der Waals surface area contributed by atoms with Crippen molar-refractivity contribution in [2.45, 2.75) is 96.8 Å². The molecule has 0 saturated carbocycles. The van der Waals surface area contributed by atoms with Gasteiger partial charge in [-0.25, -0.2) is 26.3 Å². The maximum absolute atomic E-state index is 14.2. The van der Waals surface area contributed by atoms with Gasteiger partial charge in [-0.3, -0.25) is 43.4 Å². The van der Waals surface area contributed by atoms with E-state index >= 15 is 0 Å². The van der Waals surface area contributed by atoms with Crippen molar-refractivity contribution in [3.05, 3.63) is 218 Å². The zero-order valence-corrected chi connectivity index (χ0v) is 48.0. The molecule has 1 aliphatic heterocycles. The largest absolute Gasteiger partial charge is 1.00 e. The number of nitrogens with two attached hydrogens (primary N) is 2. The van der Waals surface area contributed by atoms with Gasteiger partial charge in [0.15, 0.2) is 11.6 Å². The smallest absolute Gasteiger partial charge is 0.512 e. The molecule has 0 fully saturated rings. The summed E-state index contributed by atoms with van der Waals surface area (Å²) in [5.74, 6) is -7.62. The van der Waals surface area contributed by atoms with E-state index in [9.17, 15) is 45.5 Å². The Morgan fingerprint density at radius 3 is 1.42 bits per heavy atom. The molecule has 1 aliphatic carbocycles. The Hall–Kier alpha value is -8.03. The number of aryl methyl sites for hydroxylation is 1. The standard InChI is InChI=1S/C30H28F3N5O2.C30H27F3N4O2.CN.B.Na/c1-17-26-15-37(2)16-28(26)36-38(17)14-23(39)11-20(8-18-9-21(31)13-22(32)10-18)29-24(4-3-7-35-29)19-5-6-27(33)25(12-19)30(34)40;1-17-24-4-2-6-28(24)36-37(17)16-23(38)13-20(10-18-11-21(31)15-22(32)12-18)29-25(5-3-9-35-29)19-7-8-27(33)26(14-19)30(34)39;1-2;;/h3-7,9-10,12-13,20H,8,11,14-16H2,1-2H3,(H2,34,40);3,5,7-9,11-12,14-15,20H,2,4,6,10,13,16H2,1H3,(H2,34,39);;;/q;;-1;;+1/t2*20-;;;/m11.../s1. The summed E-state index contributed by atoms with van der Waals surface area (Å²) in [7, 11) is 2.01. The van der Waals surface area contributed by atoms with Crippen molar-refractivity contribution in [1.29, 1.82) is 5.26 Å². The Balaban J connectivity index is 0.000000253. The number of amides is 2. The van der Waals surface area contributed by atoms with Gasteiger partial charge in [0.05, 0.1) is 47.0 Å². The Labute approximate surface area is 499 Å². The van der Waals surface area contributed by atoms with Gasteiger partial charge in [0, 0.05) is 98.8 Å². The molecule has 0 bridgehead atoms. The molecule has 14 nitrogen and oxygen atoms in total. The van der Waals surface area contributed by atoms with Crippen LogP contribution in [0.15, 0.2) is 109 Å². The number of aromatic nitrogens is 6. The quantitative estimate of drug-likeness (QED) is 0.0530. The number of Topliss-reactive ketones (excluding diaryl/α,β-unsaturated/α-hetero) is 2. The van der Waals surface area contributed by atoms with Crippen LogP contribution in [-0.2, 0) is 61.5 Å². The molecule has 0 unspecified atom stereocenters. The van der Waals surface area contributed by atoms with Crippen molar-refractivity contribution in [2.24, 2.45) is 11.5 Å². The van der Waals surface area contributed by atoms with Crippen molar-refractivity contribution in [2.75, 3.05) is 7.05 Å². The number of hydrogen-bond donors (Lipinski definition) is 2. The predicted molar refractivity (Wildman–Crippen MR) is 293 cm³/mol. The number of ketones is 2. The van der Waals surface area contributed by atoms with Gasteiger partial charge in [0.25, 0.3) is 11.8 Å². The Kier molecular flexibility index (Phi) is 21.9. The normalized spacial score (nSPS) is 13.0. The van der Waals surface area contributed by atoms with Crippen LogP contribution in [0.5, 0.6) is 0 Å². The molecular weight excluding hydrogens is 1080 g/mol. The van der Waals surface area contributed by atoms with E-state index in [1.54, 1.807) is 46.0 Å². The van der Waals surface area contributed by atoms with E-state index < -0.39 is 58.6 Å². The average Bonchev–Trinajstić information content (AvgIpc) is 4.42. The first-order chi connectivity index (χ1) is 38.8. The summed E-state index contributed by atoms with van der Waals surface area (Å²) in [6.07, 6.45) is 6.30. The summed E-state index contributed by atoms with van der Waals surface area (Å²) < 4.78 is 88.1. The van der Waals surface area contributed by atoms with Crippen molar-refractivity contribution < 1.29 is 75.1 Å². The average molecular weight is 1140 g/mol. The molecule has 2 amide bonds. The second-order valence-electron chi connectivity index (χ2n) is 20.2. The van der Waals surface area contributed by atoms with Crippen LogP contribution in [0.3, 0.4) is 0 Å². The number of benzene rings is 4. The van der Waals surface area contributed by atoms with Crippen LogP contribution >= 0.6 is 0 Å². The fourth-order valence-corrected chi connectivity index (χ4v) is 10.8. The summed E-state index contributed by atoms with van der Waals surface area (Å²) in [5, 5.41) is 15.5. The summed E-state index contributed by atoms with van der Waals surface area (Å²) in [4.78, 5) is 61.6. The first kappa shape index (κ1) is 64.1. The van der Waals surface area contributed by atoms with Gasteiger partial charge in [-0.05, 0) is 141 Å². The van der Waals surface area contributed by atoms with E-state index in [0.717, 1.165) is 78.4 Å². The maximum Gasteiger partial charge on any atom is 1.00 e. The zero-order chi connectivity index (χ0) is 58.2. The van der Waals surface area contributed by atoms with E-state index in [0.29, 0.717) is 51.3 Å². The Bertz CT molecular complexity index is 3700. The van der Waals surface area contributed by atoms with Gasteiger partial charge in [-0.1, -0.05) is 24.3 Å². The van der Waals surface area contributed by atoms with E-state index in [2.05, 4.69) is 25.1 Å². The molecule has 83 heavy (non-hydrogen) atoms. The minimum absolute atomic E-state index is 0. The van der Waals surface area contributed by atoms with Crippen LogP contribution in [0, 0.1) is 60.6 Å². The van der Waals surface area contributed by atoms with Gasteiger partial charge < -0.3 is 23.3 Å². The molecule has 0 spiro atoms. The monoisotopic (exact) mass is 1140 g/mol. The predicted octanol–water partition coefficient (Wildman–Crippen LogP) is 6.66. The number of nitrogens with zero attached hydrogens (tertiary/aromatic N) is 8. The molecule has 4 aromatic carbocycles. The van der Waals surface area contributed by atoms with Gasteiger partial charge in [0.2, 0.25) is 0 Å². The first-order valence-electron chi connectivity index (χ1n) is 25.8. The van der Waals surface area contributed by atoms with Gasteiger partial charge >= 0.3 is 29.6 Å². The second-order valence-corrected chi connectivity index (χ2v) is 20.2. The van der Waals surface area contributed by atoms with Crippen LogP contribution in [0.25, 0.3) is 22.3 Å². The van der Waals surface area contributed by atoms with Gasteiger partial charge in [-0.15, -0.1) is 0 Å². The first-order valence-corrected chi connectivity index (χ1v) is 25.8. The molecule has 419 valence electrons. The SMILES string of the molecule is Cc1c2c(nn1CC(=O)C[C@@H](Cc1cc(F)cc(F)c1)c1ncccc1-c1ccc(F)c(C(N)=O)c1)CCC2.Cc1c2c(nn1CC(=O)C[C@@H](Cc1cc(F)cc(F)c1)c1ncccc1-c1ccc(F)c(C(N)=O)c1)CN(C)C2.[B].[C-]#N.[Na+]. The third kappa shape index (κ3) is 15.4. The fourth-order valence-electron chi connectivity index (χ4n) is 10.8. The minimum Gasteiger partial charge on any atom is -0.512 e. The maximum atomic E-state index is 14.2. The molecule has 0 saturated heterocycles.